The summed E-state index contributed by atoms with van der Waals surface area (Å²) in [4.78, 5) is 43.7. The zero-order chi connectivity index (χ0) is 25.5. The van der Waals surface area contributed by atoms with Crippen molar-refractivity contribution < 1.29 is 18.0 Å². The van der Waals surface area contributed by atoms with Gasteiger partial charge in [-0.2, -0.15) is 13.2 Å². The first-order valence-corrected chi connectivity index (χ1v) is 11.0. The van der Waals surface area contributed by atoms with E-state index < -0.39 is 35.3 Å². The predicted molar refractivity (Wildman–Crippen MR) is 125 cm³/mol. The van der Waals surface area contributed by atoms with Gasteiger partial charge in [0.1, 0.15) is 0 Å². The number of hydrogen-bond donors (Lipinski definition) is 0. The molecule has 2 aromatic heterocycles. The van der Waals surface area contributed by atoms with Gasteiger partial charge >= 0.3 is 11.9 Å². The molecule has 0 aliphatic heterocycles. The maximum atomic E-state index is 13.3. The Kier molecular flexibility index (Phi) is 6.42. The van der Waals surface area contributed by atoms with Crippen molar-refractivity contribution in [2.24, 2.45) is 5.92 Å². The molecule has 0 aliphatic rings. The van der Waals surface area contributed by atoms with E-state index in [-0.39, 0.29) is 29.2 Å². The summed E-state index contributed by atoms with van der Waals surface area (Å²) in [5.74, 6) is -0.695. The van der Waals surface area contributed by atoms with E-state index in [1.807, 2.05) is 13.8 Å². The van der Waals surface area contributed by atoms with Crippen molar-refractivity contribution in [3.05, 3.63) is 91.8 Å². The first-order valence-electron chi connectivity index (χ1n) is 10.6. The second-order valence-electron chi connectivity index (χ2n) is 8.45. The molecule has 0 fully saturated rings. The van der Waals surface area contributed by atoms with E-state index >= 15 is 0 Å². The number of benzene rings is 2. The first-order chi connectivity index (χ1) is 16.5. The predicted octanol–water partition coefficient (Wildman–Crippen LogP) is 4.56. The van der Waals surface area contributed by atoms with E-state index in [4.69, 9.17) is 11.6 Å². The minimum Gasteiger partial charge on any atom is -0.317 e. The number of carbonyl (C=O) groups is 1. The van der Waals surface area contributed by atoms with Crippen LogP contribution in [0.1, 0.15) is 29.8 Å². The lowest BCUT2D eigenvalue weighted by molar-refractivity contribution is -0.137. The molecule has 4 aromatic rings. The second kappa shape index (κ2) is 9.18. The number of alkyl halides is 3. The van der Waals surface area contributed by atoms with Crippen molar-refractivity contribution in [1.29, 1.82) is 0 Å². The van der Waals surface area contributed by atoms with E-state index in [2.05, 4.69) is 4.98 Å². The summed E-state index contributed by atoms with van der Waals surface area (Å²) < 4.78 is 42.8. The number of fused-ring (bicyclic) bond motifs is 1. The van der Waals surface area contributed by atoms with Gasteiger partial charge in [-0.25, -0.2) is 14.3 Å². The molecule has 2 heterocycles. The lowest BCUT2D eigenvalue weighted by Gasteiger charge is -2.14. The topological polar surface area (TPSA) is 78.9 Å². The third-order valence-corrected chi connectivity index (χ3v) is 5.58. The van der Waals surface area contributed by atoms with Gasteiger partial charge in [0.2, 0.25) is 0 Å². The standard InChI is InChI=1S/C24H20ClF3N4O3/c1-14(2)11-31-22(34)20-21(32(23(31)35)18-8-4-7-17(25)10-18)29-13-30(20)12-19(33)15-5-3-6-16(9-15)24(26,27)28/h3-10,13-14H,11-12H2,1-2H3. The van der Waals surface area contributed by atoms with Crippen molar-refractivity contribution in [1.82, 2.24) is 18.7 Å². The molecule has 0 amide bonds. The minimum absolute atomic E-state index is 0.0131. The lowest BCUT2D eigenvalue weighted by atomic mass is 10.1. The molecule has 182 valence electrons. The van der Waals surface area contributed by atoms with Crippen molar-refractivity contribution in [3.8, 4) is 5.69 Å². The van der Waals surface area contributed by atoms with Crippen LogP contribution in [0, 0.1) is 5.92 Å². The Hall–Kier alpha value is -3.66. The number of imidazole rings is 1. The molecule has 0 saturated carbocycles. The maximum Gasteiger partial charge on any atom is 0.416 e. The van der Waals surface area contributed by atoms with Gasteiger partial charge in [-0.15, -0.1) is 0 Å². The van der Waals surface area contributed by atoms with Gasteiger partial charge in [0.05, 0.1) is 24.1 Å². The maximum absolute atomic E-state index is 13.3. The fourth-order valence-electron chi connectivity index (χ4n) is 3.79. The van der Waals surface area contributed by atoms with Gasteiger partial charge < -0.3 is 4.57 Å². The molecule has 0 unspecified atom stereocenters. The molecule has 0 bridgehead atoms. The van der Waals surface area contributed by atoms with Crippen LogP contribution in [0.4, 0.5) is 13.2 Å². The molecule has 11 heteroatoms. The Bertz CT molecular complexity index is 1550. The summed E-state index contributed by atoms with van der Waals surface area (Å²) in [6, 6.07) is 10.5. The molecule has 4 rings (SSSR count). The largest absolute Gasteiger partial charge is 0.416 e. The number of carbonyl (C=O) groups excluding carboxylic acids is 1. The number of Topliss-reactive ketones (excluding diaryl/α,β-unsaturated/α-hetero) is 1. The summed E-state index contributed by atoms with van der Waals surface area (Å²) >= 11 is 6.11. The summed E-state index contributed by atoms with van der Waals surface area (Å²) in [6.07, 6.45) is -3.38. The van der Waals surface area contributed by atoms with Crippen molar-refractivity contribution in [2.45, 2.75) is 33.1 Å². The summed E-state index contributed by atoms with van der Waals surface area (Å²) in [5.41, 5.74) is -2.01. The van der Waals surface area contributed by atoms with Crippen LogP contribution < -0.4 is 11.2 Å². The van der Waals surface area contributed by atoms with Crippen LogP contribution in [0.3, 0.4) is 0 Å². The molecule has 0 spiro atoms. The second-order valence-corrected chi connectivity index (χ2v) is 8.89. The van der Waals surface area contributed by atoms with Crippen LogP contribution in [0.5, 0.6) is 0 Å². The Balaban J connectivity index is 1.88. The minimum atomic E-state index is -4.60. The van der Waals surface area contributed by atoms with Crippen LogP contribution >= 0.6 is 11.6 Å². The molecule has 0 atom stereocenters. The molecule has 35 heavy (non-hydrogen) atoms. The Morgan fingerprint density at radius 1 is 1.09 bits per heavy atom. The molecule has 2 aromatic carbocycles. The summed E-state index contributed by atoms with van der Waals surface area (Å²) in [7, 11) is 0. The quantitative estimate of drug-likeness (QED) is 0.361. The SMILES string of the molecule is CC(C)Cn1c(=O)c2c(ncn2CC(=O)c2cccc(C(F)(F)F)c2)n(-c2cccc(Cl)c2)c1=O. The Morgan fingerprint density at radius 2 is 1.80 bits per heavy atom. The third-order valence-electron chi connectivity index (χ3n) is 5.34. The normalized spacial score (nSPS) is 12.0. The van der Waals surface area contributed by atoms with Gasteiger partial charge in [-0.3, -0.25) is 14.2 Å². The zero-order valence-electron chi connectivity index (χ0n) is 18.7. The molecule has 0 saturated heterocycles. The van der Waals surface area contributed by atoms with Crippen LogP contribution in [-0.4, -0.2) is 24.5 Å². The highest BCUT2D eigenvalue weighted by atomic mass is 35.5. The van der Waals surface area contributed by atoms with Gasteiger partial charge in [-0.1, -0.05) is 43.6 Å². The number of halogens is 4. The smallest absolute Gasteiger partial charge is 0.317 e. The van der Waals surface area contributed by atoms with E-state index in [0.717, 1.165) is 22.8 Å². The lowest BCUT2D eigenvalue weighted by Crippen LogP contribution is -2.41. The van der Waals surface area contributed by atoms with Gasteiger partial charge in [0.25, 0.3) is 5.56 Å². The van der Waals surface area contributed by atoms with E-state index in [0.29, 0.717) is 10.7 Å². The molecular weight excluding hydrogens is 485 g/mol. The van der Waals surface area contributed by atoms with Crippen LogP contribution in [-0.2, 0) is 19.3 Å². The summed E-state index contributed by atoms with van der Waals surface area (Å²) in [6.45, 7) is 3.35. The molecule has 7 nitrogen and oxygen atoms in total. The Morgan fingerprint density at radius 3 is 2.46 bits per heavy atom. The van der Waals surface area contributed by atoms with E-state index in [9.17, 15) is 27.6 Å². The zero-order valence-corrected chi connectivity index (χ0v) is 19.5. The third kappa shape index (κ3) is 4.79. The van der Waals surface area contributed by atoms with Crippen LogP contribution in [0.15, 0.2) is 64.4 Å². The summed E-state index contributed by atoms with van der Waals surface area (Å²) in [5, 5.41) is 0.364. The van der Waals surface area contributed by atoms with Crippen LogP contribution in [0.2, 0.25) is 5.02 Å². The fraction of sp³-hybridized carbons (Fsp3) is 0.250. The highest BCUT2D eigenvalue weighted by Gasteiger charge is 2.31. The van der Waals surface area contributed by atoms with Gasteiger partial charge in [0, 0.05) is 17.1 Å². The highest BCUT2D eigenvalue weighted by molar-refractivity contribution is 6.30. The van der Waals surface area contributed by atoms with Gasteiger partial charge in [0.15, 0.2) is 16.9 Å². The first kappa shape index (κ1) is 24.5. The molecule has 0 aliphatic carbocycles. The molecule has 0 N–H and O–H groups in total. The molecular formula is C24H20ClF3N4O3. The monoisotopic (exact) mass is 504 g/mol. The van der Waals surface area contributed by atoms with E-state index in [1.165, 1.54) is 21.5 Å². The van der Waals surface area contributed by atoms with Crippen molar-refractivity contribution in [2.75, 3.05) is 0 Å². The number of rotatable bonds is 6. The number of ketones is 1. The number of nitrogens with zero attached hydrogens (tertiary/aromatic N) is 4. The average Bonchev–Trinajstić information content (AvgIpc) is 3.19. The Labute approximate surface area is 202 Å². The molecule has 0 radical (unpaired) electrons. The fourth-order valence-corrected chi connectivity index (χ4v) is 3.97. The number of hydrogen-bond acceptors (Lipinski definition) is 4. The highest BCUT2D eigenvalue weighted by Crippen LogP contribution is 2.29. The van der Waals surface area contributed by atoms with Crippen molar-refractivity contribution in [3.63, 3.8) is 0 Å². The van der Waals surface area contributed by atoms with Gasteiger partial charge in [-0.05, 0) is 36.2 Å². The van der Waals surface area contributed by atoms with Crippen LogP contribution in [0.25, 0.3) is 16.9 Å². The average molecular weight is 505 g/mol. The number of aromatic nitrogens is 4. The van der Waals surface area contributed by atoms with E-state index in [1.54, 1.807) is 24.3 Å². The van der Waals surface area contributed by atoms with Crippen molar-refractivity contribution >= 4 is 28.5 Å².